The summed E-state index contributed by atoms with van der Waals surface area (Å²) in [6.45, 7) is 1.29. The number of nitrogens with zero attached hydrogens (tertiary/aromatic N) is 3. The third kappa shape index (κ3) is 3.85. The quantitative estimate of drug-likeness (QED) is 0.680. The second kappa shape index (κ2) is 7.48. The maximum atomic E-state index is 12.6. The molecule has 27 heavy (non-hydrogen) atoms. The molecule has 0 radical (unpaired) electrons. The number of likely N-dealkylation sites (N-methyl/N-ethyl adjacent to an activating group) is 1. The van der Waals surface area contributed by atoms with Crippen molar-refractivity contribution in [3.05, 3.63) is 59.1 Å². The Morgan fingerprint density at radius 2 is 1.96 bits per heavy atom. The van der Waals surface area contributed by atoms with Crippen molar-refractivity contribution in [2.75, 3.05) is 18.5 Å². The molecule has 0 aliphatic carbocycles. The highest BCUT2D eigenvalue weighted by Gasteiger charge is 2.21. The number of rotatable bonds is 5. The van der Waals surface area contributed by atoms with Gasteiger partial charge in [0.2, 0.25) is 11.8 Å². The number of carbonyl (C=O) groups is 2. The van der Waals surface area contributed by atoms with Gasteiger partial charge in [-0.25, -0.2) is 4.98 Å². The van der Waals surface area contributed by atoms with Crippen LogP contribution >= 0.6 is 11.3 Å². The fraction of sp³-hybridized carbons (Fsp3) is 0.286. The summed E-state index contributed by atoms with van der Waals surface area (Å²) in [5.74, 6) is 0.230. The van der Waals surface area contributed by atoms with Crippen molar-refractivity contribution in [1.29, 1.82) is 0 Å². The second-order valence-corrected chi connectivity index (χ2v) is 7.93. The first-order valence-corrected chi connectivity index (χ1v) is 9.89. The van der Waals surface area contributed by atoms with Crippen LogP contribution in [0.4, 0.5) is 5.69 Å². The van der Waals surface area contributed by atoms with Gasteiger partial charge < -0.3 is 9.80 Å². The van der Waals surface area contributed by atoms with Gasteiger partial charge in [0.15, 0.2) is 0 Å². The molecular formula is C21H21N3O2S. The van der Waals surface area contributed by atoms with E-state index in [1.165, 1.54) is 0 Å². The van der Waals surface area contributed by atoms with Crippen LogP contribution in [0.3, 0.4) is 0 Å². The first-order chi connectivity index (χ1) is 13.1. The molecule has 3 aromatic rings. The van der Waals surface area contributed by atoms with E-state index in [0.29, 0.717) is 19.4 Å². The standard InChI is InChI=1S/C21H21N3O2S/c1-23(14-19-22-17-5-2-3-6-18(17)27-19)21(26)13-15-8-10-16(11-9-15)24-12-4-7-20(24)25/h2-3,5-6,8-11H,4,7,12-14H2,1H3. The summed E-state index contributed by atoms with van der Waals surface area (Å²) in [6.07, 6.45) is 1.88. The molecule has 1 aliphatic heterocycles. The molecule has 1 saturated heterocycles. The third-order valence-corrected chi connectivity index (χ3v) is 5.83. The Morgan fingerprint density at radius 1 is 1.19 bits per heavy atom. The van der Waals surface area contributed by atoms with Crippen molar-refractivity contribution in [1.82, 2.24) is 9.88 Å². The zero-order valence-electron chi connectivity index (χ0n) is 15.2. The summed E-state index contributed by atoms with van der Waals surface area (Å²) in [4.78, 5) is 32.5. The van der Waals surface area contributed by atoms with Crippen molar-refractivity contribution < 1.29 is 9.59 Å². The molecule has 0 bridgehead atoms. The van der Waals surface area contributed by atoms with E-state index in [1.54, 1.807) is 16.2 Å². The lowest BCUT2D eigenvalue weighted by Gasteiger charge is -2.17. The molecule has 1 aromatic heterocycles. The highest BCUT2D eigenvalue weighted by atomic mass is 32.1. The van der Waals surface area contributed by atoms with E-state index in [2.05, 4.69) is 4.98 Å². The normalized spacial score (nSPS) is 14.1. The monoisotopic (exact) mass is 379 g/mol. The molecule has 0 spiro atoms. The summed E-state index contributed by atoms with van der Waals surface area (Å²) in [5, 5.41) is 0.940. The Morgan fingerprint density at radius 3 is 2.67 bits per heavy atom. The summed E-state index contributed by atoms with van der Waals surface area (Å²) in [6, 6.07) is 15.7. The van der Waals surface area contributed by atoms with Crippen LogP contribution in [0.15, 0.2) is 48.5 Å². The molecule has 5 nitrogen and oxygen atoms in total. The smallest absolute Gasteiger partial charge is 0.227 e. The molecular weight excluding hydrogens is 358 g/mol. The van der Waals surface area contributed by atoms with E-state index in [9.17, 15) is 9.59 Å². The molecule has 0 unspecified atom stereocenters. The molecule has 2 aromatic carbocycles. The highest BCUT2D eigenvalue weighted by molar-refractivity contribution is 7.18. The summed E-state index contributed by atoms with van der Waals surface area (Å²) in [7, 11) is 1.81. The maximum Gasteiger partial charge on any atom is 0.227 e. The van der Waals surface area contributed by atoms with Crippen LogP contribution in [0, 0.1) is 0 Å². The van der Waals surface area contributed by atoms with Crippen LogP contribution in [-0.4, -0.2) is 35.3 Å². The van der Waals surface area contributed by atoms with Crippen LogP contribution in [0.1, 0.15) is 23.4 Å². The number of hydrogen-bond donors (Lipinski definition) is 0. The lowest BCUT2D eigenvalue weighted by atomic mass is 10.1. The Hall–Kier alpha value is -2.73. The number of fused-ring (bicyclic) bond motifs is 1. The number of anilines is 1. The van der Waals surface area contributed by atoms with Gasteiger partial charge in [0.1, 0.15) is 5.01 Å². The number of benzene rings is 2. The summed E-state index contributed by atoms with van der Waals surface area (Å²) in [5.41, 5.74) is 2.84. The van der Waals surface area contributed by atoms with E-state index >= 15 is 0 Å². The molecule has 1 aliphatic rings. The zero-order chi connectivity index (χ0) is 18.8. The number of carbonyl (C=O) groups excluding carboxylic acids is 2. The lowest BCUT2D eigenvalue weighted by Crippen LogP contribution is -2.27. The number of para-hydroxylation sites is 1. The van der Waals surface area contributed by atoms with E-state index in [1.807, 2.05) is 60.5 Å². The van der Waals surface area contributed by atoms with Crippen LogP contribution in [0.5, 0.6) is 0 Å². The minimum Gasteiger partial charge on any atom is -0.339 e. The number of amides is 2. The molecule has 0 atom stereocenters. The number of hydrogen-bond acceptors (Lipinski definition) is 4. The van der Waals surface area contributed by atoms with Gasteiger partial charge in [-0.2, -0.15) is 0 Å². The van der Waals surface area contributed by atoms with Gasteiger partial charge in [-0.15, -0.1) is 11.3 Å². The van der Waals surface area contributed by atoms with E-state index in [-0.39, 0.29) is 11.8 Å². The van der Waals surface area contributed by atoms with Crippen LogP contribution in [0.25, 0.3) is 10.2 Å². The Labute approximate surface area is 162 Å². The van der Waals surface area contributed by atoms with Gasteiger partial charge in [0, 0.05) is 25.7 Å². The van der Waals surface area contributed by atoms with Gasteiger partial charge in [0.25, 0.3) is 0 Å². The molecule has 1 fully saturated rings. The minimum absolute atomic E-state index is 0.0549. The SMILES string of the molecule is CN(Cc1nc2ccccc2s1)C(=O)Cc1ccc(N2CCCC2=O)cc1. The van der Waals surface area contributed by atoms with Gasteiger partial charge >= 0.3 is 0 Å². The molecule has 0 saturated carbocycles. The predicted molar refractivity (Wildman–Crippen MR) is 108 cm³/mol. The van der Waals surface area contributed by atoms with Gasteiger partial charge in [-0.1, -0.05) is 24.3 Å². The van der Waals surface area contributed by atoms with E-state index < -0.39 is 0 Å². The molecule has 138 valence electrons. The number of thiazole rings is 1. The Kier molecular flexibility index (Phi) is 4.90. The molecule has 0 N–H and O–H groups in total. The highest BCUT2D eigenvalue weighted by Crippen LogP contribution is 2.23. The lowest BCUT2D eigenvalue weighted by molar-refractivity contribution is -0.129. The Bertz CT molecular complexity index is 948. The van der Waals surface area contributed by atoms with Crippen molar-refractivity contribution in [2.24, 2.45) is 0 Å². The van der Waals surface area contributed by atoms with Crippen LogP contribution in [-0.2, 0) is 22.6 Å². The zero-order valence-corrected chi connectivity index (χ0v) is 16.0. The molecule has 2 amide bonds. The van der Waals surface area contributed by atoms with Gasteiger partial charge in [-0.3, -0.25) is 9.59 Å². The fourth-order valence-corrected chi connectivity index (χ4v) is 4.32. The maximum absolute atomic E-state index is 12.6. The van der Waals surface area contributed by atoms with Gasteiger partial charge in [0.05, 0.1) is 23.2 Å². The van der Waals surface area contributed by atoms with E-state index in [0.717, 1.165) is 39.4 Å². The second-order valence-electron chi connectivity index (χ2n) is 6.82. The average Bonchev–Trinajstić information content (AvgIpc) is 3.27. The molecule has 2 heterocycles. The van der Waals surface area contributed by atoms with Crippen molar-refractivity contribution in [3.63, 3.8) is 0 Å². The largest absolute Gasteiger partial charge is 0.339 e. The van der Waals surface area contributed by atoms with Crippen LogP contribution < -0.4 is 4.90 Å². The average molecular weight is 379 g/mol. The number of aromatic nitrogens is 1. The first kappa shape index (κ1) is 17.7. The molecule has 6 heteroatoms. The predicted octanol–water partition coefficient (Wildman–Crippen LogP) is 3.62. The van der Waals surface area contributed by atoms with Crippen molar-refractivity contribution >= 4 is 39.1 Å². The van der Waals surface area contributed by atoms with Gasteiger partial charge in [-0.05, 0) is 36.2 Å². The summed E-state index contributed by atoms with van der Waals surface area (Å²) < 4.78 is 1.14. The summed E-state index contributed by atoms with van der Waals surface area (Å²) >= 11 is 1.62. The minimum atomic E-state index is 0.0549. The fourth-order valence-electron chi connectivity index (χ4n) is 3.30. The van der Waals surface area contributed by atoms with Crippen molar-refractivity contribution in [2.45, 2.75) is 25.8 Å². The molecule has 4 rings (SSSR count). The van der Waals surface area contributed by atoms with E-state index in [4.69, 9.17) is 0 Å². The van der Waals surface area contributed by atoms with Crippen LogP contribution in [0.2, 0.25) is 0 Å². The third-order valence-electron chi connectivity index (χ3n) is 4.81. The topological polar surface area (TPSA) is 53.5 Å². The van der Waals surface area contributed by atoms with Crippen molar-refractivity contribution in [3.8, 4) is 0 Å². The Balaban J connectivity index is 1.38. The first-order valence-electron chi connectivity index (χ1n) is 9.08.